The molecule has 1 amide bonds. The van der Waals surface area contributed by atoms with Crippen molar-refractivity contribution < 1.29 is 13.9 Å². The van der Waals surface area contributed by atoms with Crippen LogP contribution in [0.5, 0.6) is 11.5 Å². The third-order valence-electron chi connectivity index (χ3n) is 2.52. The number of carbonyl (C=O) groups excluding carboxylic acids is 1. The second kappa shape index (κ2) is 6.00. The highest BCUT2D eigenvalue weighted by atomic mass is 19.1. The number of benzene rings is 2. The van der Waals surface area contributed by atoms with Crippen LogP contribution in [-0.4, -0.2) is 12.6 Å². The number of alkyl halides is 1. The highest BCUT2D eigenvalue weighted by Gasteiger charge is 2.01. The lowest BCUT2D eigenvalue weighted by Crippen LogP contribution is -2.12. The van der Waals surface area contributed by atoms with Gasteiger partial charge in [0.05, 0.1) is 0 Å². The minimum absolute atomic E-state index is 0.541. The molecule has 3 nitrogen and oxygen atoms in total. The first-order valence-corrected chi connectivity index (χ1v) is 5.88. The zero-order valence-electron chi connectivity index (χ0n) is 10.5. The second-order valence-corrected chi connectivity index (χ2v) is 4.12. The average molecular weight is 259 g/mol. The van der Waals surface area contributed by atoms with Crippen LogP contribution < -0.4 is 10.1 Å². The van der Waals surface area contributed by atoms with E-state index in [1.54, 1.807) is 24.3 Å². The monoisotopic (exact) mass is 259 g/mol. The van der Waals surface area contributed by atoms with Crippen molar-refractivity contribution >= 4 is 11.6 Å². The van der Waals surface area contributed by atoms with E-state index in [2.05, 4.69) is 5.32 Å². The third kappa shape index (κ3) is 3.81. The molecule has 0 radical (unpaired) electrons. The van der Waals surface area contributed by atoms with Gasteiger partial charge in [-0.1, -0.05) is 17.7 Å². The molecular weight excluding hydrogens is 245 g/mol. The number of hydrogen-bond donors (Lipinski definition) is 1. The van der Waals surface area contributed by atoms with Crippen LogP contribution in [0.3, 0.4) is 0 Å². The summed E-state index contributed by atoms with van der Waals surface area (Å²) in [5.41, 5.74) is 1.70. The molecule has 0 fully saturated rings. The van der Waals surface area contributed by atoms with E-state index in [4.69, 9.17) is 4.74 Å². The summed E-state index contributed by atoms with van der Waals surface area (Å²) in [6, 6.07) is 14.5. The molecule has 2 aromatic carbocycles. The maximum absolute atomic E-state index is 12.0. The van der Waals surface area contributed by atoms with E-state index in [1.165, 1.54) is 0 Å². The van der Waals surface area contributed by atoms with Gasteiger partial charge in [-0.15, -0.1) is 0 Å². The summed E-state index contributed by atoms with van der Waals surface area (Å²) >= 11 is 0. The Morgan fingerprint density at radius 1 is 1.05 bits per heavy atom. The summed E-state index contributed by atoms with van der Waals surface area (Å²) in [7, 11) is 0. The molecule has 2 rings (SSSR count). The molecule has 0 heterocycles. The smallest absolute Gasteiger partial charge is 0.255 e. The van der Waals surface area contributed by atoms with Gasteiger partial charge in [-0.3, -0.25) is 4.79 Å². The normalized spacial score (nSPS) is 10.0. The van der Waals surface area contributed by atoms with Gasteiger partial charge in [0.25, 0.3) is 5.91 Å². The molecule has 2 aromatic rings. The van der Waals surface area contributed by atoms with E-state index in [1.807, 2.05) is 31.2 Å². The van der Waals surface area contributed by atoms with Crippen molar-refractivity contribution in [2.45, 2.75) is 6.92 Å². The zero-order chi connectivity index (χ0) is 13.7. The van der Waals surface area contributed by atoms with Crippen molar-refractivity contribution in [3.63, 3.8) is 0 Å². The summed E-state index contributed by atoms with van der Waals surface area (Å²) in [4.78, 5) is 10.9. The molecule has 4 heteroatoms. The van der Waals surface area contributed by atoms with E-state index in [9.17, 15) is 9.18 Å². The van der Waals surface area contributed by atoms with Crippen LogP contribution in [0, 0.1) is 6.92 Å². The van der Waals surface area contributed by atoms with Gasteiger partial charge in [-0.2, -0.15) is 0 Å². The first kappa shape index (κ1) is 13.1. The highest BCUT2D eigenvalue weighted by Crippen LogP contribution is 2.23. The summed E-state index contributed by atoms with van der Waals surface area (Å²) < 4.78 is 17.7. The number of carbonyl (C=O) groups is 1. The Morgan fingerprint density at radius 3 is 2.11 bits per heavy atom. The van der Waals surface area contributed by atoms with Gasteiger partial charge >= 0.3 is 0 Å². The van der Waals surface area contributed by atoms with E-state index >= 15 is 0 Å². The SMILES string of the molecule is Cc1ccc(Oc2ccc(NC(=O)CF)cc2)cc1. The van der Waals surface area contributed by atoms with Gasteiger partial charge in [0.1, 0.15) is 11.5 Å². The predicted octanol–water partition coefficient (Wildman–Crippen LogP) is 3.70. The first-order valence-electron chi connectivity index (χ1n) is 5.88. The highest BCUT2D eigenvalue weighted by molar-refractivity contribution is 5.91. The lowest BCUT2D eigenvalue weighted by Gasteiger charge is -2.07. The molecule has 0 saturated carbocycles. The van der Waals surface area contributed by atoms with Crippen LogP contribution in [0.4, 0.5) is 10.1 Å². The molecule has 0 aromatic heterocycles. The molecule has 98 valence electrons. The molecule has 0 aliphatic heterocycles. The van der Waals surface area contributed by atoms with Crippen LogP contribution >= 0.6 is 0 Å². The van der Waals surface area contributed by atoms with Crippen molar-refractivity contribution in [1.82, 2.24) is 0 Å². The summed E-state index contributed by atoms with van der Waals surface area (Å²) in [6.45, 7) is 0.980. The number of aryl methyl sites for hydroxylation is 1. The van der Waals surface area contributed by atoms with Crippen LogP contribution in [-0.2, 0) is 4.79 Å². The van der Waals surface area contributed by atoms with Gasteiger partial charge in [-0.05, 0) is 43.3 Å². The van der Waals surface area contributed by atoms with Crippen molar-refractivity contribution in [3.8, 4) is 11.5 Å². The van der Waals surface area contributed by atoms with Crippen LogP contribution in [0.15, 0.2) is 48.5 Å². The molecule has 0 unspecified atom stereocenters. The van der Waals surface area contributed by atoms with Gasteiger partial charge in [0, 0.05) is 5.69 Å². The minimum atomic E-state index is -1.03. The quantitative estimate of drug-likeness (QED) is 0.909. The zero-order valence-corrected chi connectivity index (χ0v) is 10.5. The molecule has 19 heavy (non-hydrogen) atoms. The Hall–Kier alpha value is -2.36. The fraction of sp³-hybridized carbons (Fsp3) is 0.133. The van der Waals surface area contributed by atoms with Crippen molar-refractivity contribution in [1.29, 1.82) is 0 Å². The van der Waals surface area contributed by atoms with Crippen LogP contribution in [0.1, 0.15) is 5.56 Å². The minimum Gasteiger partial charge on any atom is -0.457 e. The van der Waals surface area contributed by atoms with Gasteiger partial charge in [-0.25, -0.2) is 4.39 Å². The number of amides is 1. The Labute approximate surface area is 111 Å². The molecule has 0 atom stereocenters. The van der Waals surface area contributed by atoms with E-state index < -0.39 is 12.6 Å². The third-order valence-corrected chi connectivity index (χ3v) is 2.52. The van der Waals surface area contributed by atoms with Gasteiger partial charge < -0.3 is 10.1 Å². The summed E-state index contributed by atoms with van der Waals surface area (Å²) in [5, 5.41) is 2.42. The van der Waals surface area contributed by atoms with E-state index in [0.29, 0.717) is 11.4 Å². The fourth-order valence-corrected chi connectivity index (χ4v) is 1.54. The first-order chi connectivity index (χ1) is 9.17. The lowest BCUT2D eigenvalue weighted by atomic mass is 10.2. The maximum atomic E-state index is 12.0. The number of rotatable bonds is 4. The van der Waals surface area contributed by atoms with Crippen molar-refractivity contribution in [2.24, 2.45) is 0 Å². The van der Waals surface area contributed by atoms with Crippen LogP contribution in [0.25, 0.3) is 0 Å². The van der Waals surface area contributed by atoms with E-state index in [-0.39, 0.29) is 0 Å². The average Bonchev–Trinajstić information content (AvgIpc) is 2.43. The van der Waals surface area contributed by atoms with Gasteiger partial charge in [0.2, 0.25) is 0 Å². The van der Waals surface area contributed by atoms with Crippen molar-refractivity contribution in [2.75, 3.05) is 12.0 Å². The standard InChI is InChI=1S/C15H14FNO2/c1-11-2-6-13(7-3-11)19-14-8-4-12(5-9-14)17-15(18)10-16/h2-9H,10H2,1H3,(H,17,18). The molecule has 0 spiro atoms. The Bertz CT molecular complexity index is 549. The molecular formula is C15H14FNO2. The van der Waals surface area contributed by atoms with E-state index in [0.717, 1.165) is 11.3 Å². The Balaban J connectivity index is 2.02. The molecule has 0 aliphatic carbocycles. The Morgan fingerprint density at radius 2 is 1.58 bits per heavy atom. The Kier molecular flexibility index (Phi) is 4.13. The molecule has 0 bridgehead atoms. The largest absolute Gasteiger partial charge is 0.457 e. The maximum Gasteiger partial charge on any atom is 0.255 e. The van der Waals surface area contributed by atoms with Crippen molar-refractivity contribution in [3.05, 3.63) is 54.1 Å². The topological polar surface area (TPSA) is 38.3 Å². The summed E-state index contributed by atoms with van der Waals surface area (Å²) in [5.74, 6) is 0.737. The number of halogens is 1. The number of nitrogens with one attached hydrogen (secondary N) is 1. The number of ether oxygens (including phenoxy) is 1. The fourth-order valence-electron chi connectivity index (χ4n) is 1.54. The molecule has 1 N–H and O–H groups in total. The lowest BCUT2D eigenvalue weighted by molar-refractivity contribution is -0.117. The van der Waals surface area contributed by atoms with Gasteiger partial charge in [0.15, 0.2) is 6.67 Å². The van der Waals surface area contributed by atoms with Crippen LogP contribution in [0.2, 0.25) is 0 Å². The summed E-state index contributed by atoms with van der Waals surface area (Å²) in [6.07, 6.45) is 0. The number of anilines is 1. The molecule has 0 aliphatic rings. The number of hydrogen-bond acceptors (Lipinski definition) is 2. The predicted molar refractivity (Wildman–Crippen MR) is 72.3 cm³/mol. The second-order valence-electron chi connectivity index (χ2n) is 4.12. The molecule has 0 saturated heterocycles.